The SMILES string of the molecule is CCNc1nnc(Sc2nc3cc(C)nn3c3ccccc23)s1. The van der Waals surface area contributed by atoms with Crippen molar-refractivity contribution < 1.29 is 0 Å². The molecule has 6 nitrogen and oxygen atoms in total. The Morgan fingerprint density at radius 1 is 1.26 bits per heavy atom. The van der Waals surface area contributed by atoms with E-state index in [0.29, 0.717) is 0 Å². The number of anilines is 1. The van der Waals surface area contributed by atoms with Crippen molar-refractivity contribution in [3.05, 3.63) is 36.0 Å². The van der Waals surface area contributed by atoms with E-state index >= 15 is 0 Å². The Labute approximate surface area is 141 Å². The zero-order chi connectivity index (χ0) is 15.8. The van der Waals surface area contributed by atoms with Gasteiger partial charge in [0.25, 0.3) is 0 Å². The summed E-state index contributed by atoms with van der Waals surface area (Å²) in [5, 5.41) is 18.9. The first-order valence-electron chi connectivity index (χ1n) is 7.25. The highest BCUT2D eigenvalue weighted by atomic mass is 32.2. The fraction of sp³-hybridized carbons (Fsp3) is 0.200. The van der Waals surface area contributed by atoms with Crippen LogP contribution in [0.4, 0.5) is 5.13 Å². The Hall–Kier alpha value is -2.19. The summed E-state index contributed by atoms with van der Waals surface area (Å²) in [4.78, 5) is 4.76. The first-order chi connectivity index (χ1) is 11.2. The number of aryl methyl sites for hydroxylation is 1. The van der Waals surface area contributed by atoms with Gasteiger partial charge in [-0.2, -0.15) is 5.10 Å². The molecule has 0 unspecified atom stereocenters. The third kappa shape index (κ3) is 2.64. The van der Waals surface area contributed by atoms with Gasteiger partial charge in [-0.15, -0.1) is 10.2 Å². The molecular formula is C15H14N6S2. The zero-order valence-corrected chi connectivity index (χ0v) is 14.3. The molecule has 116 valence electrons. The van der Waals surface area contributed by atoms with Crippen LogP contribution in [0.3, 0.4) is 0 Å². The van der Waals surface area contributed by atoms with Gasteiger partial charge < -0.3 is 5.32 Å². The summed E-state index contributed by atoms with van der Waals surface area (Å²) in [5.74, 6) is 0. The number of aromatic nitrogens is 5. The van der Waals surface area contributed by atoms with E-state index in [2.05, 4.69) is 32.7 Å². The summed E-state index contributed by atoms with van der Waals surface area (Å²) in [6.07, 6.45) is 0. The van der Waals surface area contributed by atoms with E-state index in [1.807, 2.05) is 36.6 Å². The van der Waals surface area contributed by atoms with Gasteiger partial charge in [-0.25, -0.2) is 9.50 Å². The van der Waals surface area contributed by atoms with Gasteiger partial charge in [-0.1, -0.05) is 29.5 Å². The summed E-state index contributed by atoms with van der Waals surface area (Å²) in [5.41, 5.74) is 2.85. The van der Waals surface area contributed by atoms with Crippen molar-refractivity contribution >= 4 is 44.8 Å². The van der Waals surface area contributed by atoms with Gasteiger partial charge in [-0.05, 0) is 31.7 Å². The van der Waals surface area contributed by atoms with Crippen molar-refractivity contribution in [2.75, 3.05) is 11.9 Å². The monoisotopic (exact) mass is 342 g/mol. The molecule has 0 aliphatic carbocycles. The lowest BCUT2D eigenvalue weighted by Crippen LogP contribution is -1.95. The Bertz CT molecular complexity index is 990. The highest BCUT2D eigenvalue weighted by molar-refractivity contribution is 8.01. The molecule has 1 N–H and O–H groups in total. The number of hydrogen-bond acceptors (Lipinski definition) is 7. The van der Waals surface area contributed by atoms with Crippen molar-refractivity contribution in [1.29, 1.82) is 0 Å². The molecule has 4 aromatic rings. The van der Waals surface area contributed by atoms with Crippen molar-refractivity contribution in [3.8, 4) is 0 Å². The van der Waals surface area contributed by atoms with Crippen molar-refractivity contribution in [2.45, 2.75) is 23.2 Å². The predicted molar refractivity (Wildman–Crippen MR) is 93.4 cm³/mol. The van der Waals surface area contributed by atoms with Gasteiger partial charge in [-0.3, -0.25) is 0 Å². The normalized spacial score (nSPS) is 11.4. The number of nitrogens with one attached hydrogen (secondary N) is 1. The van der Waals surface area contributed by atoms with Crippen LogP contribution in [0.1, 0.15) is 12.6 Å². The van der Waals surface area contributed by atoms with Crippen molar-refractivity contribution in [3.63, 3.8) is 0 Å². The minimum atomic E-state index is 0.834. The predicted octanol–water partition coefficient (Wildman–Crippen LogP) is 3.63. The van der Waals surface area contributed by atoms with Crippen LogP contribution in [-0.4, -0.2) is 31.3 Å². The van der Waals surface area contributed by atoms with Gasteiger partial charge in [0.15, 0.2) is 9.99 Å². The molecule has 0 bridgehead atoms. The average molecular weight is 342 g/mol. The van der Waals surface area contributed by atoms with E-state index in [0.717, 1.165) is 43.3 Å². The van der Waals surface area contributed by atoms with Gasteiger partial charge in [0, 0.05) is 18.0 Å². The lowest BCUT2D eigenvalue weighted by atomic mass is 10.2. The summed E-state index contributed by atoms with van der Waals surface area (Å²) < 4.78 is 2.76. The Balaban J connectivity index is 1.83. The molecular weight excluding hydrogens is 328 g/mol. The van der Waals surface area contributed by atoms with Gasteiger partial charge in [0.2, 0.25) is 5.13 Å². The molecule has 3 aromatic heterocycles. The molecule has 4 rings (SSSR count). The first kappa shape index (κ1) is 14.4. The Morgan fingerprint density at radius 2 is 2.13 bits per heavy atom. The fourth-order valence-electron chi connectivity index (χ4n) is 2.38. The van der Waals surface area contributed by atoms with E-state index < -0.39 is 0 Å². The third-order valence-corrected chi connectivity index (χ3v) is 5.25. The second-order valence-electron chi connectivity index (χ2n) is 5.00. The summed E-state index contributed by atoms with van der Waals surface area (Å²) in [6, 6.07) is 10.1. The summed E-state index contributed by atoms with van der Waals surface area (Å²) in [7, 11) is 0. The molecule has 0 fully saturated rings. The van der Waals surface area contributed by atoms with Gasteiger partial charge >= 0.3 is 0 Å². The van der Waals surface area contributed by atoms with Crippen molar-refractivity contribution in [2.24, 2.45) is 0 Å². The van der Waals surface area contributed by atoms with Gasteiger partial charge in [0.1, 0.15) is 5.03 Å². The zero-order valence-electron chi connectivity index (χ0n) is 12.6. The molecule has 23 heavy (non-hydrogen) atoms. The van der Waals surface area contributed by atoms with Crippen LogP contribution < -0.4 is 5.32 Å². The Kier molecular flexibility index (Phi) is 3.62. The van der Waals surface area contributed by atoms with E-state index in [1.54, 1.807) is 11.8 Å². The number of benzene rings is 1. The van der Waals surface area contributed by atoms with E-state index in [9.17, 15) is 0 Å². The number of para-hydroxylation sites is 1. The molecule has 0 atom stereocenters. The van der Waals surface area contributed by atoms with Crippen LogP contribution in [0.2, 0.25) is 0 Å². The lowest BCUT2D eigenvalue weighted by Gasteiger charge is -2.05. The van der Waals surface area contributed by atoms with Crippen LogP contribution >= 0.6 is 23.1 Å². The van der Waals surface area contributed by atoms with Crippen LogP contribution in [0.5, 0.6) is 0 Å². The molecule has 0 amide bonds. The molecule has 8 heteroatoms. The quantitative estimate of drug-likeness (QED) is 0.571. The van der Waals surface area contributed by atoms with Crippen LogP contribution in [0.25, 0.3) is 16.6 Å². The molecule has 0 aliphatic heterocycles. The highest BCUT2D eigenvalue weighted by Gasteiger charge is 2.13. The lowest BCUT2D eigenvalue weighted by molar-refractivity contribution is 0.941. The topological polar surface area (TPSA) is 68.0 Å². The van der Waals surface area contributed by atoms with E-state index in [4.69, 9.17) is 4.98 Å². The van der Waals surface area contributed by atoms with Crippen molar-refractivity contribution in [1.82, 2.24) is 24.8 Å². The average Bonchev–Trinajstić information content (AvgIpc) is 3.14. The maximum Gasteiger partial charge on any atom is 0.206 e. The summed E-state index contributed by atoms with van der Waals surface area (Å²) >= 11 is 3.08. The Morgan fingerprint density at radius 3 is 3.00 bits per heavy atom. The third-order valence-electron chi connectivity index (χ3n) is 3.31. The highest BCUT2D eigenvalue weighted by Crippen LogP contribution is 2.35. The van der Waals surface area contributed by atoms with Crippen LogP contribution in [0.15, 0.2) is 39.7 Å². The maximum atomic E-state index is 4.76. The molecule has 0 spiro atoms. The maximum absolute atomic E-state index is 4.76. The molecule has 3 heterocycles. The van der Waals surface area contributed by atoms with E-state index in [-0.39, 0.29) is 0 Å². The standard InChI is InChI=1S/C15H14N6S2/c1-3-16-14-18-19-15(23-14)22-13-10-6-4-5-7-11(10)21-12(17-13)8-9(2)20-21/h4-8H,3H2,1-2H3,(H,16,18). The number of rotatable bonds is 4. The van der Waals surface area contributed by atoms with Crippen LogP contribution in [-0.2, 0) is 0 Å². The first-order valence-corrected chi connectivity index (χ1v) is 8.88. The van der Waals surface area contributed by atoms with E-state index in [1.165, 1.54) is 11.3 Å². The largest absolute Gasteiger partial charge is 0.360 e. The summed E-state index contributed by atoms with van der Waals surface area (Å²) in [6.45, 7) is 4.85. The number of hydrogen-bond donors (Lipinski definition) is 1. The van der Waals surface area contributed by atoms with Gasteiger partial charge in [0.05, 0.1) is 11.2 Å². The minimum Gasteiger partial charge on any atom is -0.360 e. The smallest absolute Gasteiger partial charge is 0.206 e. The number of nitrogens with zero attached hydrogens (tertiary/aromatic N) is 5. The minimum absolute atomic E-state index is 0.834. The number of fused-ring (bicyclic) bond motifs is 3. The van der Waals surface area contributed by atoms with Crippen LogP contribution in [0, 0.1) is 6.92 Å². The molecule has 1 aromatic carbocycles. The molecule has 0 saturated carbocycles. The molecule has 0 saturated heterocycles. The molecule has 0 radical (unpaired) electrons. The second-order valence-corrected chi connectivity index (χ2v) is 7.21. The second kappa shape index (κ2) is 5.78. The molecule has 0 aliphatic rings. The fourth-order valence-corrected chi connectivity index (χ4v) is 4.23.